The SMILES string of the molecule is CC(C)(C)C1=CC2C=Cc3c(-c4ccc(-c5ccccn5)cc4)cc(-c4ccc(-c5ccccn5)cc4)c4c3C2C(=C1)C=C4. The van der Waals surface area contributed by atoms with E-state index in [0.29, 0.717) is 11.8 Å². The number of benzene rings is 3. The summed E-state index contributed by atoms with van der Waals surface area (Å²) in [5.41, 5.74) is 16.3. The van der Waals surface area contributed by atoms with Crippen LogP contribution in [0.2, 0.25) is 0 Å². The fraction of sp³-hybridized carbons (Fsp3) is 0.143. The molecule has 2 nitrogen and oxygen atoms in total. The van der Waals surface area contributed by atoms with E-state index in [1.54, 1.807) is 0 Å². The first-order valence-electron chi connectivity index (χ1n) is 15.5. The summed E-state index contributed by atoms with van der Waals surface area (Å²) in [6, 6.07) is 32.3. The van der Waals surface area contributed by atoms with Crippen molar-refractivity contribution in [2.75, 3.05) is 0 Å². The number of pyridine rings is 2. The minimum absolute atomic E-state index is 0.109. The molecule has 3 aliphatic rings. The maximum atomic E-state index is 4.57. The van der Waals surface area contributed by atoms with Crippen LogP contribution in [0.4, 0.5) is 0 Å². The Hall–Kier alpha value is -5.08. The molecule has 2 heterocycles. The van der Waals surface area contributed by atoms with Crippen LogP contribution in [0.3, 0.4) is 0 Å². The van der Waals surface area contributed by atoms with Gasteiger partial charge in [-0.3, -0.25) is 9.97 Å². The number of hydrogen-bond donors (Lipinski definition) is 0. The van der Waals surface area contributed by atoms with Gasteiger partial charge in [0.05, 0.1) is 11.4 Å². The van der Waals surface area contributed by atoms with Crippen LogP contribution >= 0.6 is 0 Å². The normalized spacial score (nSPS) is 18.0. The van der Waals surface area contributed by atoms with Crippen LogP contribution in [0.1, 0.15) is 43.4 Å². The smallest absolute Gasteiger partial charge is 0.0701 e. The molecule has 0 spiro atoms. The van der Waals surface area contributed by atoms with E-state index in [1.807, 2.05) is 36.7 Å². The highest BCUT2D eigenvalue weighted by molar-refractivity contribution is 5.93. The van der Waals surface area contributed by atoms with Gasteiger partial charge in [0.1, 0.15) is 0 Å². The average molecular weight is 567 g/mol. The Morgan fingerprint density at radius 2 is 1.14 bits per heavy atom. The Balaban J connectivity index is 1.30. The molecule has 0 bridgehead atoms. The van der Waals surface area contributed by atoms with E-state index in [-0.39, 0.29) is 5.41 Å². The summed E-state index contributed by atoms with van der Waals surface area (Å²) in [6.07, 6.45) is 18.2. The van der Waals surface area contributed by atoms with Crippen LogP contribution in [0, 0.1) is 11.3 Å². The highest BCUT2D eigenvalue weighted by Crippen LogP contribution is 2.53. The fourth-order valence-corrected chi connectivity index (χ4v) is 6.99. The number of allylic oxidation sites excluding steroid dienone is 6. The highest BCUT2D eigenvalue weighted by Gasteiger charge is 2.37. The Kier molecular flexibility index (Phi) is 6.20. The molecule has 3 aromatic carbocycles. The van der Waals surface area contributed by atoms with Gasteiger partial charge in [0.15, 0.2) is 0 Å². The first kappa shape index (κ1) is 26.5. The van der Waals surface area contributed by atoms with E-state index in [1.165, 1.54) is 50.1 Å². The molecule has 2 unspecified atom stereocenters. The molecule has 5 aromatic rings. The third kappa shape index (κ3) is 4.50. The molecule has 0 saturated heterocycles. The van der Waals surface area contributed by atoms with E-state index in [4.69, 9.17) is 0 Å². The zero-order valence-corrected chi connectivity index (χ0v) is 25.3. The lowest BCUT2D eigenvalue weighted by Crippen LogP contribution is -2.25. The lowest BCUT2D eigenvalue weighted by molar-refractivity contribution is 0.499. The molecular weight excluding hydrogens is 532 g/mol. The molecule has 0 aliphatic heterocycles. The third-order valence-electron chi connectivity index (χ3n) is 9.31. The maximum absolute atomic E-state index is 4.57. The zero-order chi connectivity index (χ0) is 29.8. The second kappa shape index (κ2) is 10.3. The summed E-state index contributed by atoms with van der Waals surface area (Å²) in [5, 5.41) is 0. The van der Waals surface area contributed by atoms with E-state index >= 15 is 0 Å². The Morgan fingerprint density at radius 1 is 0.591 bits per heavy atom. The van der Waals surface area contributed by atoms with Gasteiger partial charge in [-0.05, 0) is 85.8 Å². The molecule has 44 heavy (non-hydrogen) atoms. The minimum atomic E-state index is 0.109. The molecule has 2 atom stereocenters. The lowest BCUT2D eigenvalue weighted by atomic mass is 9.64. The first-order valence-corrected chi connectivity index (χ1v) is 15.5. The summed E-state index contributed by atoms with van der Waals surface area (Å²) in [5.74, 6) is 0.668. The van der Waals surface area contributed by atoms with Crippen LogP contribution in [-0.2, 0) is 0 Å². The van der Waals surface area contributed by atoms with Crippen molar-refractivity contribution < 1.29 is 0 Å². The van der Waals surface area contributed by atoms with E-state index in [9.17, 15) is 0 Å². The van der Waals surface area contributed by atoms with Crippen LogP contribution in [0.15, 0.2) is 139 Å². The van der Waals surface area contributed by atoms with Crippen molar-refractivity contribution >= 4 is 12.2 Å². The zero-order valence-electron chi connectivity index (χ0n) is 25.3. The summed E-state index contributed by atoms with van der Waals surface area (Å²) in [6.45, 7) is 6.94. The van der Waals surface area contributed by atoms with Gasteiger partial charge in [-0.15, -0.1) is 0 Å². The Labute approximate surface area is 259 Å². The summed E-state index contributed by atoms with van der Waals surface area (Å²) >= 11 is 0. The molecule has 3 aliphatic carbocycles. The number of rotatable bonds is 4. The van der Waals surface area contributed by atoms with Gasteiger partial charge in [-0.2, -0.15) is 0 Å². The molecule has 0 amide bonds. The lowest BCUT2D eigenvalue weighted by Gasteiger charge is -2.39. The summed E-state index contributed by atoms with van der Waals surface area (Å²) < 4.78 is 0. The second-order valence-electron chi connectivity index (χ2n) is 13.1. The van der Waals surface area contributed by atoms with Gasteiger partial charge < -0.3 is 0 Å². The quantitative estimate of drug-likeness (QED) is 0.216. The standard InChI is InChI=1S/C42H34N2/c1-42(2,3)33-24-31-18-20-34-36(27-10-14-29(15-11-27)38-8-4-6-22-43-38)26-37(35-21-19-32(25-33)40(31)41(34)35)28-12-16-30(17-13-28)39-9-5-7-23-44-39/h4-26,31,40H,1-3H3. The minimum Gasteiger partial charge on any atom is -0.256 e. The van der Waals surface area contributed by atoms with Crippen molar-refractivity contribution in [3.05, 3.63) is 156 Å². The molecular formula is C42H34N2. The largest absolute Gasteiger partial charge is 0.256 e. The summed E-state index contributed by atoms with van der Waals surface area (Å²) in [7, 11) is 0. The number of aromatic nitrogens is 2. The van der Waals surface area contributed by atoms with Crippen molar-refractivity contribution in [1.82, 2.24) is 9.97 Å². The van der Waals surface area contributed by atoms with Crippen molar-refractivity contribution in [2.45, 2.75) is 26.7 Å². The summed E-state index contributed by atoms with van der Waals surface area (Å²) in [4.78, 5) is 9.13. The van der Waals surface area contributed by atoms with Gasteiger partial charge in [-0.1, -0.05) is 118 Å². The molecule has 0 N–H and O–H groups in total. The van der Waals surface area contributed by atoms with Gasteiger partial charge in [0, 0.05) is 35.4 Å². The molecule has 8 rings (SSSR count). The van der Waals surface area contributed by atoms with Crippen LogP contribution in [0.25, 0.3) is 56.9 Å². The van der Waals surface area contributed by atoms with Gasteiger partial charge in [-0.25, -0.2) is 0 Å². The van der Waals surface area contributed by atoms with Crippen molar-refractivity contribution in [1.29, 1.82) is 0 Å². The van der Waals surface area contributed by atoms with Gasteiger partial charge in [0.2, 0.25) is 0 Å². The molecule has 2 heteroatoms. The van der Waals surface area contributed by atoms with Crippen LogP contribution in [0.5, 0.6) is 0 Å². The Bertz CT molecular complexity index is 2000. The van der Waals surface area contributed by atoms with Gasteiger partial charge in [0.25, 0.3) is 0 Å². The second-order valence-corrected chi connectivity index (χ2v) is 13.1. The van der Waals surface area contributed by atoms with Crippen molar-refractivity contribution in [3.8, 4) is 44.8 Å². The predicted molar refractivity (Wildman–Crippen MR) is 184 cm³/mol. The number of hydrogen-bond acceptors (Lipinski definition) is 2. The molecule has 0 fully saturated rings. The van der Waals surface area contributed by atoms with Gasteiger partial charge >= 0.3 is 0 Å². The highest BCUT2D eigenvalue weighted by atomic mass is 14.7. The van der Waals surface area contributed by atoms with Crippen molar-refractivity contribution in [3.63, 3.8) is 0 Å². The molecule has 0 saturated carbocycles. The topological polar surface area (TPSA) is 25.8 Å². The fourth-order valence-electron chi connectivity index (χ4n) is 6.99. The molecule has 0 radical (unpaired) electrons. The monoisotopic (exact) mass is 566 g/mol. The number of nitrogens with zero attached hydrogens (tertiary/aromatic N) is 2. The average Bonchev–Trinajstić information content (AvgIpc) is 3.07. The predicted octanol–water partition coefficient (Wildman–Crippen LogP) is 10.8. The van der Waals surface area contributed by atoms with E-state index < -0.39 is 0 Å². The van der Waals surface area contributed by atoms with Crippen LogP contribution in [-0.4, -0.2) is 9.97 Å². The maximum Gasteiger partial charge on any atom is 0.0701 e. The third-order valence-corrected chi connectivity index (χ3v) is 9.31. The first-order chi connectivity index (χ1) is 21.4. The Morgan fingerprint density at radius 3 is 1.66 bits per heavy atom. The van der Waals surface area contributed by atoms with Crippen LogP contribution < -0.4 is 0 Å². The van der Waals surface area contributed by atoms with E-state index in [2.05, 4.69) is 134 Å². The molecule has 2 aromatic heterocycles. The van der Waals surface area contributed by atoms with Crippen molar-refractivity contribution in [2.24, 2.45) is 11.3 Å². The van der Waals surface area contributed by atoms with E-state index in [0.717, 1.165) is 22.5 Å². The molecule has 212 valence electrons.